The fraction of sp³-hybridized carbons (Fsp3) is 0.889. The van der Waals surface area contributed by atoms with E-state index in [-0.39, 0.29) is 12.0 Å². The summed E-state index contributed by atoms with van der Waals surface area (Å²) in [5, 5.41) is 0. The molecule has 1 amide bonds. The van der Waals surface area contributed by atoms with E-state index in [4.69, 9.17) is 15.3 Å². The smallest absolute Gasteiger partial charge is 0.233 e. The predicted octanol–water partition coefficient (Wildman–Crippen LogP) is 0.198. The van der Waals surface area contributed by atoms with Gasteiger partial charge in [0.25, 0.3) is 0 Å². The summed E-state index contributed by atoms with van der Waals surface area (Å²) in [7, 11) is 1.64. The van der Waals surface area contributed by atoms with Crippen molar-refractivity contribution in [2.75, 3.05) is 20.3 Å². The van der Waals surface area contributed by atoms with Crippen LogP contribution >= 0.6 is 0 Å². The van der Waals surface area contributed by atoms with Gasteiger partial charge in [-0.1, -0.05) is 0 Å². The molecule has 0 bridgehead atoms. The second-order valence-corrected chi connectivity index (χ2v) is 3.16. The number of hydrogen-bond acceptors (Lipinski definition) is 4. The molecule has 84 valence electrons. The number of methoxy groups -OCH3 is 1. The normalized spacial score (nSPS) is 12.5. The first-order valence-electron chi connectivity index (χ1n) is 4.80. The number of hydrogen-bond donors (Lipinski definition) is 2. The van der Waals surface area contributed by atoms with Gasteiger partial charge in [0.15, 0.2) is 0 Å². The molecule has 0 aromatic heterocycles. The number of unbranched alkanes of at least 4 members (excludes halogenated alkanes) is 1. The number of amides is 1. The molecule has 1 atom stereocenters. The van der Waals surface area contributed by atoms with E-state index in [1.807, 2.05) is 6.92 Å². The van der Waals surface area contributed by atoms with E-state index < -0.39 is 0 Å². The SMILES string of the molecule is COCC(C)OCCCCC(=O)NN. The lowest BCUT2D eigenvalue weighted by Crippen LogP contribution is -2.29. The highest BCUT2D eigenvalue weighted by Gasteiger charge is 2.01. The van der Waals surface area contributed by atoms with Gasteiger partial charge in [0, 0.05) is 20.1 Å². The van der Waals surface area contributed by atoms with Crippen molar-refractivity contribution in [3.8, 4) is 0 Å². The van der Waals surface area contributed by atoms with Crippen LogP contribution in [0.4, 0.5) is 0 Å². The van der Waals surface area contributed by atoms with Crippen LogP contribution in [-0.2, 0) is 14.3 Å². The first-order chi connectivity index (χ1) is 6.70. The summed E-state index contributed by atoms with van der Waals surface area (Å²) in [6, 6.07) is 0. The summed E-state index contributed by atoms with van der Waals surface area (Å²) in [6.45, 7) is 3.21. The van der Waals surface area contributed by atoms with Gasteiger partial charge in [0.1, 0.15) is 0 Å². The number of carbonyl (C=O) groups excluding carboxylic acids is 1. The molecule has 0 aliphatic carbocycles. The van der Waals surface area contributed by atoms with E-state index in [9.17, 15) is 4.79 Å². The third kappa shape index (κ3) is 7.97. The molecule has 0 aliphatic rings. The average molecular weight is 204 g/mol. The molecule has 0 saturated carbocycles. The molecule has 3 N–H and O–H groups in total. The van der Waals surface area contributed by atoms with Crippen LogP contribution in [0.5, 0.6) is 0 Å². The van der Waals surface area contributed by atoms with Crippen molar-refractivity contribution in [3.63, 3.8) is 0 Å². The predicted molar refractivity (Wildman–Crippen MR) is 53.5 cm³/mol. The highest BCUT2D eigenvalue weighted by atomic mass is 16.5. The molecular formula is C9H20N2O3. The summed E-state index contributed by atoms with van der Waals surface area (Å²) in [5.74, 6) is 4.80. The Balaban J connectivity index is 3.17. The Hall–Kier alpha value is -0.650. The first kappa shape index (κ1) is 13.4. The molecule has 0 aromatic rings. The van der Waals surface area contributed by atoms with Crippen LogP contribution in [0.25, 0.3) is 0 Å². The van der Waals surface area contributed by atoms with Gasteiger partial charge in [-0.15, -0.1) is 0 Å². The van der Waals surface area contributed by atoms with Gasteiger partial charge in [0.05, 0.1) is 12.7 Å². The molecule has 5 heteroatoms. The molecular weight excluding hydrogens is 184 g/mol. The lowest BCUT2D eigenvalue weighted by Gasteiger charge is -2.11. The quantitative estimate of drug-likeness (QED) is 0.256. The zero-order chi connectivity index (χ0) is 10.8. The van der Waals surface area contributed by atoms with Gasteiger partial charge in [0.2, 0.25) is 5.91 Å². The second-order valence-electron chi connectivity index (χ2n) is 3.16. The molecule has 0 saturated heterocycles. The molecule has 0 aromatic carbocycles. The first-order valence-corrected chi connectivity index (χ1v) is 4.80. The maximum absolute atomic E-state index is 10.7. The minimum atomic E-state index is -0.130. The van der Waals surface area contributed by atoms with Gasteiger partial charge >= 0.3 is 0 Å². The summed E-state index contributed by atoms with van der Waals surface area (Å²) < 4.78 is 10.3. The number of nitrogens with two attached hydrogens (primary N) is 1. The van der Waals surface area contributed by atoms with E-state index in [0.29, 0.717) is 19.6 Å². The highest BCUT2D eigenvalue weighted by Crippen LogP contribution is 1.98. The van der Waals surface area contributed by atoms with Gasteiger partial charge in [-0.3, -0.25) is 10.2 Å². The fourth-order valence-corrected chi connectivity index (χ4v) is 1.03. The summed E-state index contributed by atoms with van der Waals surface area (Å²) >= 11 is 0. The van der Waals surface area contributed by atoms with Crippen LogP contribution in [-0.4, -0.2) is 32.3 Å². The van der Waals surface area contributed by atoms with Crippen LogP contribution in [0.3, 0.4) is 0 Å². The van der Waals surface area contributed by atoms with Crippen molar-refractivity contribution in [2.24, 2.45) is 5.84 Å². The minimum absolute atomic E-state index is 0.114. The van der Waals surface area contributed by atoms with Crippen molar-refractivity contribution in [2.45, 2.75) is 32.3 Å². The highest BCUT2D eigenvalue weighted by molar-refractivity contribution is 5.74. The average Bonchev–Trinajstić information content (AvgIpc) is 2.17. The monoisotopic (exact) mass is 204 g/mol. The molecule has 0 aliphatic heterocycles. The Kier molecular flexibility index (Phi) is 8.51. The minimum Gasteiger partial charge on any atom is -0.382 e. The number of rotatable bonds is 8. The third-order valence-electron chi connectivity index (χ3n) is 1.76. The Morgan fingerprint density at radius 1 is 1.50 bits per heavy atom. The lowest BCUT2D eigenvalue weighted by atomic mass is 10.2. The largest absolute Gasteiger partial charge is 0.382 e. The van der Waals surface area contributed by atoms with Crippen LogP contribution in [0.2, 0.25) is 0 Å². The zero-order valence-corrected chi connectivity index (χ0v) is 8.91. The maximum atomic E-state index is 10.7. The molecule has 0 fully saturated rings. The number of carbonyl (C=O) groups is 1. The fourth-order valence-electron chi connectivity index (χ4n) is 1.03. The Morgan fingerprint density at radius 2 is 2.21 bits per heavy atom. The molecule has 14 heavy (non-hydrogen) atoms. The lowest BCUT2D eigenvalue weighted by molar-refractivity contribution is -0.121. The molecule has 0 radical (unpaired) electrons. The van der Waals surface area contributed by atoms with Gasteiger partial charge in [-0.25, -0.2) is 5.84 Å². The van der Waals surface area contributed by atoms with Crippen LogP contribution in [0.15, 0.2) is 0 Å². The summed E-state index contributed by atoms with van der Waals surface area (Å²) in [6.07, 6.45) is 2.23. The van der Waals surface area contributed by atoms with Crippen LogP contribution < -0.4 is 11.3 Å². The van der Waals surface area contributed by atoms with E-state index in [1.54, 1.807) is 7.11 Å². The number of hydrazine groups is 1. The second kappa shape index (κ2) is 8.93. The number of ether oxygens (including phenoxy) is 2. The van der Waals surface area contributed by atoms with E-state index in [2.05, 4.69) is 5.43 Å². The Labute approximate surface area is 84.9 Å². The van der Waals surface area contributed by atoms with Gasteiger partial charge < -0.3 is 9.47 Å². The van der Waals surface area contributed by atoms with E-state index in [0.717, 1.165) is 12.8 Å². The molecule has 5 nitrogen and oxygen atoms in total. The zero-order valence-electron chi connectivity index (χ0n) is 8.91. The molecule has 0 spiro atoms. The van der Waals surface area contributed by atoms with Crippen molar-refractivity contribution < 1.29 is 14.3 Å². The summed E-state index contributed by atoms with van der Waals surface area (Å²) in [4.78, 5) is 10.7. The molecule has 1 unspecified atom stereocenters. The molecule has 0 rings (SSSR count). The van der Waals surface area contributed by atoms with Crippen molar-refractivity contribution in [1.82, 2.24) is 5.43 Å². The van der Waals surface area contributed by atoms with Gasteiger partial charge in [-0.05, 0) is 19.8 Å². The van der Waals surface area contributed by atoms with Crippen molar-refractivity contribution in [1.29, 1.82) is 0 Å². The van der Waals surface area contributed by atoms with Crippen molar-refractivity contribution >= 4 is 5.91 Å². The summed E-state index contributed by atoms with van der Waals surface area (Å²) in [5.41, 5.74) is 2.09. The Bertz CT molecular complexity index is 153. The third-order valence-corrected chi connectivity index (χ3v) is 1.76. The van der Waals surface area contributed by atoms with E-state index in [1.165, 1.54) is 0 Å². The van der Waals surface area contributed by atoms with E-state index >= 15 is 0 Å². The van der Waals surface area contributed by atoms with Crippen LogP contribution in [0, 0.1) is 0 Å². The number of nitrogens with one attached hydrogen (secondary N) is 1. The topological polar surface area (TPSA) is 73.6 Å². The van der Waals surface area contributed by atoms with Crippen molar-refractivity contribution in [3.05, 3.63) is 0 Å². The maximum Gasteiger partial charge on any atom is 0.233 e. The molecule has 0 heterocycles. The van der Waals surface area contributed by atoms with Gasteiger partial charge in [-0.2, -0.15) is 0 Å². The van der Waals surface area contributed by atoms with Crippen LogP contribution in [0.1, 0.15) is 26.2 Å². The standard InChI is InChI=1S/C9H20N2O3/c1-8(7-13-2)14-6-4-3-5-9(12)11-10/h8H,3-7,10H2,1-2H3,(H,11,12). The Morgan fingerprint density at radius 3 is 2.79 bits per heavy atom.